The molecule has 0 bridgehead atoms. The maximum absolute atomic E-state index is 8.84. The predicted octanol–water partition coefficient (Wildman–Crippen LogP) is 3.17. The summed E-state index contributed by atoms with van der Waals surface area (Å²) in [5.74, 6) is 1.54. The number of aliphatic hydroxyl groups is 1. The highest BCUT2D eigenvalue weighted by Gasteiger charge is 2.06. The van der Waals surface area contributed by atoms with E-state index in [2.05, 4.69) is 29.4 Å². The molecule has 0 saturated heterocycles. The highest BCUT2D eigenvalue weighted by molar-refractivity contribution is 14.0. The van der Waals surface area contributed by atoms with Crippen molar-refractivity contribution in [3.63, 3.8) is 0 Å². The van der Waals surface area contributed by atoms with Gasteiger partial charge in [-0.2, -0.15) is 0 Å². The minimum absolute atomic E-state index is 0. The Labute approximate surface area is 171 Å². The van der Waals surface area contributed by atoms with Crippen molar-refractivity contribution in [1.29, 1.82) is 0 Å². The zero-order chi connectivity index (χ0) is 18.1. The molecule has 0 atom stereocenters. The number of aliphatic hydroxyl groups excluding tert-OH is 1. The molecule has 0 radical (unpaired) electrons. The van der Waals surface area contributed by atoms with Gasteiger partial charge >= 0.3 is 0 Å². The lowest BCUT2D eigenvalue weighted by atomic mass is 10.1. The molecule has 0 unspecified atom stereocenters. The van der Waals surface area contributed by atoms with Crippen molar-refractivity contribution in [3.8, 4) is 11.5 Å². The molecule has 0 heterocycles. The summed E-state index contributed by atoms with van der Waals surface area (Å²) in [4.78, 5) is 4.36. The number of guanidine groups is 1. The molecule has 0 aromatic heterocycles. The number of ether oxygens (including phenoxy) is 2. The molecule has 0 aliphatic heterocycles. The molecule has 6 nitrogen and oxygen atoms in total. The fraction of sp³-hybridized carbons (Fsp3) is 0.316. The molecule has 26 heavy (non-hydrogen) atoms. The van der Waals surface area contributed by atoms with Crippen LogP contribution in [0.4, 0.5) is 5.69 Å². The van der Waals surface area contributed by atoms with Crippen molar-refractivity contribution in [3.05, 3.63) is 53.6 Å². The van der Waals surface area contributed by atoms with Gasteiger partial charge in [-0.1, -0.05) is 25.1 Å². The number of benzene rings is 2. The summed E-state index contributed by atoms with van der Waals surface area (Å²) >= 11 is 0. The van der Waals surface area contributed by atoms with E-state index in [4.69, 9.17) is 20.3 Å². The monoisotopic (exact) mass is 471 g/mol. The summed E-state index contributed by atoms with van der Waals surface area (Å²) in [6.45, 7) is 2.71. The zero-order valence-electron chi connectivity index (χ0n) is 15.1. The number of anilines is 1. The van der Waals surface area contributed by atoms with Crippen molar-refractivity contribution in [2.45, 2.75) is 19.9 Å². The highest BCUT2D eigenvalue weighted by Crippen LogP contribution is 2.28. The molecule has 0 fully saturated rings. The van der Waals surface area contributed by atoms with Gasteiger partial charge < -0.3 is 25.6 Å². The highest BCUT2D eigenvalue weighted by atomic mass is 127. The number of nitrogens with one attached hydrogen (secondary N) is 1. The Bertz CT molecular complexity index is 723. The number of nitrogens with two attached hydrogens (primary N) is 1. The molecule has 0 aliphatic carbocycles. The van der Waals surface area contributed by atoms with Gasteiger partial charge in [-0.05, 0) is 41.8 Å². The smallest absolute Gasteiger partial charge is 0.193 e. The minimum Gasteiger partial charge on any atom is -0.493 e. The Balaban J connectivity index is 0.00000338. The predicted molar refractivity (Wildman–Crippen MR) is 116 cm³/mol. The van der Waals surface area contributed by atoms with E-state index in [1.807, 2.05) is 24.3 Å². The first-order chi connectivity index (χ1) is 12.2. The number of methoxy groups -OCH3 is 1. The number of halogens is 1. The Morgan fingerprint density at radius 2 is 1.96 bits per heavy atom. The molecule has 142 valence electrons. The number of hydrogen-bond acceptors (Lipinski definition) is 4. The van der Waals surface area contributed by atoms with Gasteiger partial charge in [0.2, 0.25) is 0 Å². The van der Waals surface area contributed by atoms with Gasteiger partial charge in [0, 0.05) is 5.69 Å². The molecule has 0 aliphatic rings. The second-order valence-corrected chi connectivity index (χ2v) is 5.44. The SMILES string of the molecule is CCc1cccc(NC(N)=NCc2ccc(OCCO)c(OC)c2)c1.I. The van der Waals surface area contributed by atoms with E-state index >= 15 is 0 Å². The van der Waals surface area contributed by atoms with Crippen LogP contribution in [0, 0.1) is 0 Å². The summed E-state index contributed by atoms with van der Waals surface area (Å²) in [7, 11) is 1.57. The van der Waals surface area contributed by atoms with Crippen LogP contribution in [0.15, 0.2) is 47.5 Å². The zero-order valence-corrected chi connectivity index (χ0v) is 17.4. The van der Waals surface area contributed by atoms with Crippen molar-refractivity contribution in [2.75, 3.05) is 25.6 Å². The number of hydrogen-bond donors (Lipinski definition) is 3. The average Bonchev–Trinajstić information content (AvgIpc) is 2.65. The second-order valence-electron chi connectivity index (χ2n) is 5.44. The summed E-state index contributed by atoms with van der Waals surface area (Å²) in [5.41, 5.74) is 9.07. The van der Waals surface area contributed by atoms with Crippen molar-refractivity contribution in [2.24, 2.45) is 10.7 Å². The van der Waals surface area contributed by atoms with E-state index in [-0.39, 0.29) is 37.2 Å². The summed E-state index contributed by atoms with van der Waals surface area (Å²) in [5, 5.41) is 11.9. The Hall–Kier alpha value is -2.00. The van der Waals surface area contributed by atoms with Gasteiger partial charge in [-0.15, -0.1) is 24.0 Å². The first-order valence-electron chi connectivity index (χ1n) is 8.22. The number of aryl methyl sites for hydroxylation is 1. The van der Waals surface area contributed by atoms with Gasteiger partial charge in [0.15, 0.2) is 17.5 Å². The summed E-state index contributed by atoms with van der Waals surface area (Å²) in [6.07, 6.45) is 0.969. The van der Waals surface area contributed by atoms with Gasteiger partial charge in [0.1, 0.15) is 6.61 Å². The molecular formula is C19H26IN3O3. The van der Waals surface area contributed by atoms with E-state index < -0.39 is 0 Å². The molecule has 0 amide bonds. The minimum atomic E-state index is -0.0450. The van der Waals surface area contributed by atoms with Crippen LogP contribution >= 0.6 is 24.0 Å². The molecule has 2 rings (SSSR count). The molecule has 2 aromatic rings. The third-order valence-electron chi connectivity index (χ3n) is 3.62. The van der Waals surface area contributed by atoms with Gasteiger partial charge in [-0.3, -0.25) is 0 Å². The van der Waals surface area contributed by atoms with Gasteiger partial charge in [0.05, 0.1) is 20.3 Å². The third-order valence-corrected chi connectivity index (χ3v) is 3.62. The quantitative estimate of drug-likeness (QED) is 0.313. The fourth-order valence-electron chi connectivity index (χ4n) is 2.32. The van der Waals surface area contributed by atoms with Crippen LogP contribution in [0.25, 0.3) is 0 Å². The molecular weight excluding hydrogens is 445 g/mol. The van der Waals surface area contributed by atoms with Crippen LogP contribution in [0.3, 0.4) is 0 Å². The van der Waals surface area contributed by atoms with E-state index in [1.165, 1.54) is 5.56 Å². The third kappa shape index (κ3) is 6.72. The molecule has 2 aromatic carbocycles. The number of aliphatic imine (C=N–C) groups is 1. The molecule has 4 N–H and O–H groups in total. The number of nitrogens with zero attached hydrogens (tertiary/aromatic N) is 1. The largest absolute Gasteiger partial charge is 0.493 e. The molecule has 7 heteroatoms. The standard InChI is InChI=1S/C19H25N3O3.HI/c1-3-14-5-4-6-16(11-14)22-19(20)21-13-15-7-8-17(25-10-9-23)18(12-15)24-2;/h4-8,11-12,23H,3,9-10,13H2,1-2H3,(H3,20,21,22);1H. The van der Waals surface area contributed by atoms with Gasteiger partial charge in [-0.25, -0.2) is 4.99 Å². The van der Waals surface area contributed by atoms with Crippen molar-refractivity contribution >= 4 is 35.6 Å². The van der Waals surface area contributed by atoms with E-state index in [9.17, 15) is 0 Å². The lowest BCUT2D eigenvalue weighted by molar-refractivity contribution is 0.196. The Morgan fingerprint density at radius 1 is 1.15 bits per heavy atom. The first kappa shape index (κ1) is 22.0. The summed E-state index contributed by atoms with van der Waals surface area (Å²) in [6, 6.07) is 13.6. The van der Waals surface area contributed by atoms with Crippen molar-refractivity contribution in [1.82, 2.24) is 0 Å². The molecule has 0 spiro atoms. The van der Waals surface area contributed by atoms with Crippen LogP contribution in [0.1, 0.15) is 18.1 Å². The van der Waals surface area contributed by atoms with Crippen LogP contribution < -0.4 is 20.5 Å². The fourth-order valence-corrected chi connectivity index (χ4v) is 2.32. The average molecular weight is 471 g/mol. The topological polar surface area (TPSA) is 89.1 Å². The lowest BCUT2D eigenvalue weighted by Crippen LogP contribution is -2.22. The second kappa shape index (κ2) is 11.6. The Kier molecular flexibility index (Phi) is 9.82. The van der Waals surface area contributed by atoms with Gasteiger partial charge in [0.25, 0.3) is 0 Å². The number of rotatable bonds is 8. The van der Waals surface area contributed by atoms with Crippen LogP contribution in [0.2, 0.25) is 0 Å². The maximum Gasteiger partial charge on any atom is 0.193 e. The van der Waals surface area contributed by atoms with Crippen LogP contribution in [-0.2, 0) is 13.0 Å². The lowest BCUT2D eigenvalue weighted by Gasteiger charge is -2.11. The van der Waals surface area contributed by atoms with E-state index in [1.54, 1.807) is 13.2 Å². The Morgan fingerprint density at radius 3 is 2.65 bits per heavy atom. The molecule has 0 saturated carbocycles. The van der Waals surface area contributed by atoms with E-state index in [0.29, 0.717) is 24.0 Å². The van der Waals surface area contributed by atoms with E-state index in [0.717, 1.165) is 17.7 Å². The van der Waals surface area contributed by atoms with Crippen molar-refractivity contribution < 1.29 is 14.6 Å². The van der Waals surface area contributed by atoms with Crippen LogP contribution in [0.5, 0.6) is 11.5 Å². The normalized spacial score (nSPS) is 10.8. The summed E-state index contributed by atoms with van der Waals surface area (Å²) < 4.78 is 10.7. The van der Waals surface area contributed by atoms with Crippen LogP contribution in [-0.4, -0.2) is 31.4 Å². The maximum atomic E-state index is 8.84. The first-order valence-corrected chi connectivity index (χ1v) is 8.22.